The first-order valence-electron chi connectivity index (χ1n) is 9.38. The van der Waals surface area contributed by atoms with Crippen LogP contribution in [0.15, 0.2) is 41.5 Å². The van der Waals surface area contributed by atoms with E-state index in [1.54, 1.807) is 20.3 Å². The second kappa shape index (κ2) is 13.1. The molecule has 0 spiro atoms. The highest BCUT2D eigenvalue weighted by atomic mass is 127. The summed E-state index contributed by atoms with van der Waals surface area (Å²) in [4.78, 5) is 8.27. The predicted octanol–water partition coefficient (Wildman–Crippen LogP) is 3.90. The van der Waals surface area contributed by atoms with Gasteiger partial charge in [-0.25, -0.2) is 9.98 Å². The molecule has 0 aliphatic heterocycles. The first-order valence-corrected chi connectivity index (χ1v) is 9.38. The molecule has 1 heterocycles. The first kappa shape index (κ1) is 26.6. The van der Waals surface area contributed by atoms with Gasteiger partial charge in [0, 0.05) is 25.8 Å². The number of guanidine groups is 1. The number of pyridine rings is 1. The fourth-order valence-electron chi connectivity index (χ4n) is 2.63. The highest BCUT2D eigenvalue weighted by Crippen LogP contribution is 2.33. The lowest BCUT2D eigenvalue weighted by Gasteiger charge is -2.15. The molecule has 2 rings (SSSR count). The van der Waals surface area contributed by atoms with Gasteiger partial charge < -0.3 is 25.4 Å². The summed E-state index contributed by atoms with van der Waals surface area (Å²) < 4.78 is 49.5. The summed E-state index contributed by atoms with van der Waals surface area (Å²) in [5, 5.41) is 8.89. The number of aliphatic imine (C=N–C) groups is 1. The fraction of sp³-hybridized carbons (Fsp3) is 0.400. The van der Waals surface area contributed by atoms with Crippen LogP contribution in [-0.2, 0) is 12.7 Å². The number of hydrogen-bond donors (Lipinski definition) is 3. The van der Waals surface area contributed by atoms with Crippen LogP contribution in [0.25, 0.3) is 0 Å². The summed E-state index contributed by atoms with van der Waals surface area (Å²) in [6.07, 6.45) is -3.14. The number of aromatic nitrogens is 1. The van der Waals surface area contributed by atoms with E-state index >= 15 is 0 Å². The van der Waals surface area contributed by atoms with Crippen LogP contribution in [-0.4, -0.2) is 44.8 Å². The van der Waals surface area contributed by atoms with Gasteiger partial charge in [0.05, 0.1) is 26.3 Å². The maximum absolute atomic E-state index is 13.0. The molecule has 2 aromatic rings. The second-order valence-corrected chi connectivity index (χ2v) is 6.14. The van der Waals surface area contributed by atoms with Gasteiger partial charge in [0.2, 0.25) is 0 Å². The van der Waals surface area contributed by atoms with E-state index in [1.165, 1.54) is 12.3 Å². The number of alkyl halides is 3. The summed E-state index contributed by atoms with van der Waals surface area (Å²) in [5.41, 5.74) is 0.130. The van der Waals surface area contributed by atoms with Gasteiger partial charge in [-0.15, -0.1) is 24.0 Å². The quantitative estimate of drug-likeness (QED) is 0.189. The molecule has 0 saturated heterocycles. The van der Waals surface area contributed by atoms with E-state index < -0.39 is 11.7 Å². The van der Waals surface area contributed by atoms with Crippen molar-refractivity contribution in [1.82, 2.24) is 15.6 Å². The average molecular weight is 553 g/mol. The molecule has 31 heavy (non-hydrogen) atoms. The Morgan fingerprint density at radius 2 is 1.81 bits per heavy atom. The van der Waals surface area contributed by atoms with Gasteiger partial charge in [-0.3, -0.25) is 0 Å². The average Bonchev–Trinajstić information content (AvgIpc) is 2.74. The van der Waals surface area contributed by atoms with E-state index in [1.807, 2.05) is 19.1 Å². The Bertz CT molecular complexity index is 850. The molecule has 0 aliphatic carbocycles. The summed E-state index contributed by atoms with van der Waals surface area (Å²) >= 11 is 0. The van der Waals surface area contributed by atoms with Crippen LogP contribution in [0.4, 0.5) is 19.0 Å². The van der Waals surface area contributed by atoms with E-state index in [0.29, 0.717) is 37.1 Å². The molecule has 1 aromatic carbocycles. The van der Waals surface area contributed by atoms with Crippen molar-refractivity contribution < 1.29 is 22.6 Å². The third-order valence-electron chi connectivity index (χ3n) is 4.03. The molecule has 3 N–H and O–H groups in total. The molecule has 0 fully saturated rings. The fourth-order valence-corrected chi connectivity index (χ4v) is 2.63. The standard InChI is InChI=1S/C20H26F3N5O2.HI/c1-4-24-19(28-13-14-7-8-16(29-2)17(12-14)30-3)27-11-10-26-18-15(20(21,22)23)6-5-9-25-18;/h5-9,12H,4,10-11,13H2,1-3H3,(H,25,26)(H2,24,27,28);1H. The number of halogens is 4. The van der Waals surface area contributed by atoms with Crippen LogP contribution >= 0.6 is 24.0 Å². The number of anilines is 1. The molecule has 7 nitrogen and oxygen atoms in total. The lowest BCUT2D eigenvalue weighted by Crippen LogP contribution is -2.39. The minimum absolute atomic E-state index is 0. The lowest BCUT2D eigenvalue weighted by atomic mass is 10.2. The van der Waals surface area contributed by atoms with E-state index in [2.05, 4.69) is 25.9 Å². The molecular formula is C20H27F3IN5O2. The van der Waals surface area contributed by atoms with Crippen LogP contribution < -0.4 is 25.4 Å². The van der Waals surface area contributed by atoms with Crippen molar-refractivity contribution >= 4 is 35.8 Å². The Kier molecular flexibility index (Phi) is 11.2. The molecule has 0 amide bonds. The molecule has 0 atom stereocenters. The predicted molar refractivity (Wildman–Crippen MR) is 126 cm³/mol. The molecule has 172 valence electrons. The smallest absolute Gasteiger partial charge is 0.419 e. The number of nitrogens with one attached hydrogen (secondary N) is 3. The summed E-state index contributed by atoms with van der Waals surface area (Å²) in [6, 6.07) is 7.79. The van der Waals surface area contributed by atoms with Crippen molar-refractivity contribution in [1.29, 1.82) is 0 Å². The van der Waals surface area contributed by atoms with E-state index in [0.717, 1.165) is 11.6 Å². The van der Waals surface area contributed by atoms with Gasteiger partial charge in [0.1, 0.15) is 5.82 Å². The molecular weight excluding hydrogens is 526 g/mol. The minimum atomic E-state index is -4.46. The van der Waals surface area contributed by atoms with Gasteiger partial charge >= 0.3 is 6.18 Å². The van der Waals surface area contributed by atoms with Crippen LogP contribution in [0.2, 0.25) is 0 Å². The van der Waals surface area contributed by atoms with Gasteiger partial charge in [0.25, 0.3) is 0 Å². The topological polar surface area (TPSA) is 79.8 Å². The zero-order valence-corrected chi connectivity index (χ0v) is 19.9. The third kappa shape index (κ3) is 8.31. The number of rotatable bonds is 9. The highest BCUT2D eigenvalue weighted by molar-refractivity contribution is 14.0. The van der Waals surface area contributed by atoms with Gasteiger partial charge in [-0.2, -0.15) is 13.2 Å². The van der Waals surface area contributed by atoms with Gasteiger partial charge in [-0.05, 0) is 36.8 Å². The summed E-state index contributed by atoms with van der Waals surface area (Å²) in [7, 11) is 3.13. The highest BCUT2D eigenvalue weighted by Gasteiger charge is 2.33. The zero-order valence-electron chi connectivity index (χ0n) is 17.5. The number of ether oxygens (including phenoxy) is 2. The lowest BCUT2D eigenvalue weighted by molar-refractivity contribution is -0.137. The third-order valence-corrected chi connectivity index (χ3v) is 4.03. The molecule has 0 saturated carbocycles. The van der Waals surface area contributed by atoms with Crippen molar-refractivity contribution in [2.45, 2.75) is 19.6 Å². The Balaban J connectivity index is 0.00000480. The minimum Gasteiger partial charge on any atom is -0.493 e. The number of benzene rings is 1. The number of hydrogen-bond acceptors (Lipinski definition) is 5. The van der Waals surface area contributed by atoms with Gasteiger partial charge in [0.15, 0.2) is 17.5 Å². The summed E-state index contributed by atoms with van der Waals surface area (Å²) in [5.74, 6) is 1.60. The Morgan fingerprint density at radius 3 is 2.45 bits per heavy atom. The molecule has 1 aromatic heterocycles. The molecule has 0 unspecified atom stereocenters. The maximum Gasteiger partial charge on any atom is 0.419 e. The molecule has 0 bridgehead atoms. The second-order valence-electron chi connectivity index (χ2n) is 6.14. The van der Waals surface area contributed by atoms with E-state index in [4.69, 9.17) is 9.47 Å². The van der Waals surface area contributed by atoms with Crippen molar-refractivity contribution in [2.24, 2.45) is 4.99 Å². The van der Waals surface area contributed by atoms with Gasteiger partial charge in [-0.1, -0.05) is 6.07 Å². The summed E-state index contributed by atoms with van der Waals surface area (Å²) in [6.45, 7) is 3.55. The SMILES string of the molecule is CCNC(=NCc1ccc(OC)c(OC)c1)NCCNc1ncccc1C(F)(F)F.I. The number of nitrogens with zero attached hydrogens (tertiary/aromatic N) is 2. The normalized spacial score (nSPS) is 11.4. The van der Waals surface area contributed by atoms with Crippen LogP contribution in [0.5, 0.6) is 11.5 Å². The monoisotopic (exact) mass is 553 g/mol. The van der Waals surface area contributed by atoms with Crippen molar-refractivity contribution in [3.05, 3.63) is 47.7 Å². The van der Waals surface area contributed by atoms with Crippen molar-refractivity contribution in [3.63, 3.8) is 0 Å². The van der Waals surface area contributed by atoms with Crippen LogP contribution in [0.3, 0.4) is 0 Å². The van der Waals surface area contributed by atoms with Crippen molar-refractivity contribution in [2.75, 3.05) is 39.2 Å². The largest absolute Gasteiger partial charge is 0.493 e. The van der Waals surface area contributed by atoms with Crippen LogP contribution in [0.1, 0.15) is 18.1 Å². The zero-order chi connectivity index (χ0) is 22.0. The van der Waals surface area contributed by atoms with Crippen molar-refractivity contribution in [3.8, 4) is 11.5 Å². The maximum atomic E-state index is 13.0. The molecule has 0 aliphatic rings. The Morgan fingerprint density at radius 1 is 1.06 bits per heavy atom. The van der Waals surface area contributed by atoms with Crippen LogP contribution in [0, 0.1) is 0 Å². The molecule has 0 radical (unpaired) electrons. The number of methoxy groups -OCH3 is 2. The molecule has 11 heteroatoms. The van der Waals surface area contributed by atoms with E-state index in [9.17, 15) is 13.2 Å². The van der Waals surface area contributed by atoms with E-state index in [-0.39, 0.29) is 36.3 Å². The first-order chi connectivity index (χ1) is 14.4. The Labute approximate surface area is 196 Å². The Hall–Kier alpha value is -2.44.